The molecule has 2 bridgehead atoms. The van der Waals surface area contributed by atoms with Crippen molar-refractivity contribution in [1.82, 2.24) is 14.5 Å². The second-order valence-corrected chi connectivity index (χ2v) is 10.7. The molecule has 5 nitrogen and oxygen atoms in total. The number of nitrogens with one attached hydrogen (secondary N) is 1. The fourth-order valence-corrected chi connectivity index (χ4v) is 7.15. The summed E-state index contributed by atoms with van der Waals surface area (Å²) in [4.78, 5) is 23.6. The van der Waals surface area contributed by atoms with Crippen LogP contribution in [0.2, 0.25) is 0 Å². The molecule has 8 rings (SSSR count). The van der Waals surface area contributed by atoms with E-state index in [2.05, 4.69) is 40.2 Å². The lowest BCUT2D eigenvalue weighted by atomic mass is 9.53. The summed E-state index contributed by atoms with van der Waals surface area (Å²) < 4.78 is 16.5. The van der Waals surface area contributed by atoms with Gasteiger partial charge in [-0.3, -0.25) is 4.79 Å². The number of rotatable bonds is 5. The zero-order valence-corrected chi connectivity index (χ0v) is 21.2. The molecule has 0 fully saturated rings. The van der Waals surface area contributed by atoms with E-state index in [1.165, 1.54) is 17.4 Å². The number of nitrogens with zero attached hydrogens (tertiary/aromatic N) is 3. The van der Waals surface area contributed by atoms with Gasteiger partial charge < -0.3 is 9.88 Å². The van der Waals surface area contributed by atoms with E-state index in [4.69, 9.17) is 4.98 Å². The molecule has 3 aromatic carbocycles. The van der Waals surface area contributed by atoms with E-state index in [0.29, 0.717) is 22.6 Å². The molecule has 1 amide bonds. The van der Waals surface area contributed by atoms with Crippen LogP contribution in [0.4, 0.5) is 9.52 Å². The molecule has 0 saturated heterocycles. The minimum absolute atomic E-state index is 0.178. The van der Waals surface area contributed by atoms with Gasteiger partial charge in [0.25, 0.3) is 0 Å². The van der Waals surface area contributed by atoms with Crippen molar-refractivity contribution in [2.24, 2.45) is 5.41 Å². The molecule has 3 unspecified atom stereocenters. The standard InChI is InChI=1S/C31H23FN4OS/c1-3-30-18-31(4-2,26(36-16-15-33-27(30)36)22-11-7-8-12-23(22)30)28(37)35-29-34-25(17-38-29)21-13-14-24(32)20-10-6-5-9-19(20)21/h3-17,26H,1-2,18H2,(H,34,35,37). The van der Waals surface area contributed by atoms with Gasteiger partial charge in [-0.05, 0) is 35.1 Å². The summed E-state index contributed by atoms with van der Waals surface area (Å²) >= 11 is 1.35. The molecule has 1 N–H and O–H groups in total. The smallest absolute Gasteiger partial charge is 0.238 e. The van der Waals surface area contributed by atoms with Gasteiger partial charge in [-0.2, -0.15) is 0 Å². The van der Waals surface area contributed by atoms with Gasteiger partial charge in [-0.1, -0.05) is 60.7 Å². The van der Waals surface area contributed by atoms with Gasteiger partial charge in [0.1, 0.15) is 11.6 Å². The number of carbonyl (C=O) groups excluding carboxylic acids is 1. The summed E-state index contributed by atoms with van der Waals surface area (Å²) in [6, 6.07) is 18.4. The summed E-state index contributed by atoms with van der Waals surface area (Å²) in [5, 5.41) is 6.77. The number of fused-ring (bicyclic) bond motifs is 2. The third-order valence-electron chi connectivity index (χ3n) is 8.15. The van der Waals surface area contributed by atoms with Crippen LogP contribution in [0, 0.1) is 11.2 Å². The van der Waals surface area contributed by atoms with Crippen LogP contribution in [0.3, 0.4) is 0 Å². The predicted molar refractivity (Wildman–Crippen MR) is 149 cm³/mol. The van der Waals surface area contributed by atoms with Crippen LogP contribution in [0.25, 0.3) is 22.0 Å². The Morgan fingerprint density at radius 1 is 1.08 bits per heavy atom. The van der Waals surface area contributed by atoms with E-state index in [-0.39, 0.29) is 17.8 Å². The summed E-state index contributed by atoms with van der Waals surface area (Å²) in [5.74, 6) is 0.437. The first kappa shape index (κ1) is 22.8. The number of amides is 1. The van der Waals surface area contributed by atoms with Crippen molar-refractivity contribution in [3.8, 4) is 11.3 Å². The van der Waals surface area contributed by atoms with Crippen molar-refractivity contribution in [3.63, 3.8) is 0 Å². The number of aromatic nitrogens is 3. The Bertz CT molecular complexity index is 1790. The molecule has 1 aliphatic carbocycles. The lowest BCUT2D eigenvalue weighted by molar-refractivity contribution is -0.127. The summed E-state index contributed by atoms with van der Waals surface area (Å²) in [5.41, 5.74) is 2.12. The van der Waals surface area contributed by atoms with Crippen LogP contribution in [-0.4, -0.2) is 20.4 Å². The highest BCUT2D eigenvalue weighted by Crippen LogP contribution is 2.61. The van der Waals surface area contributed by atoms with Crippen LogP contribution >= 0.6 is 11.3 Å². The van der Waals surface area contributed by atoms with Crippen molar-refractivity contribution in [3.05, 3.63) is 127 Å². The normalized spacial score (nSPS) is 23.0. The Morgan fingerprint density at radius 2 is 1.87 bits per heavy atom. The van der Waals surface area contributed by atoms with Crippen LogP contribution in [0.15, 0.2) is 104 Å². The topological polar surface area (TPSA) is 59.8 Å². The van der Waals surface area contributed by atoms with E-state index >= 15 is 0 Å². The predicted octanol–water partition coefficient (Wildman–Crippen LogP) is 6.89. The van der Waals surface area contributed by atoms with Crippen molar-refractivity contribution < 1.29 is 9.18 Å². The monoisotopic (exact) mass is 518 g/mol. The zero-order valence-electron chi connectivity index (χ0n) is 20.4. The second kappa shape index (κ2) is 8.07. The Morgan fingerprint density at radius 3 is 2.68 bits per heavy atom. The third kappa shape index (κ3) is 2.88. The van der Waals surface area contributed by atoms with Crippen molar-refractivity contribution in [2.75, 3.05) is 5.32 Å². The average molecular weight is 519 g/mol. The quantitative estimate of drug-likeness (QED) is 0.258. The highest BCUT2D eigenvalue weighted by Gasteiger charge is 2.61. The number of hydrogen-bond donors (Lipinski definition) is 1. The number of carbonyl (C=O) groups is 1. The van der Waals surface area contributed by atoms with Gasteiger partial charge in [0.2, 0.25) is 5.91 Å². The van der Waals surface area contributed by atoms with Crippen molar-refractivity contribution >= 4 is 33.1 Å². The van der Waals surface area contributed by atoms with Crippen molar-refractivity contribution in [1.29, 1.82) is 0 Å². The number of hydrogen-bond acceptors (Lipinski definition) is 4. The van der Waals surface area contributed by atoms with E-state index < -0.39 is 10.8 Å². The SMILES string of the molecule is C=CC12CC(C=C)(C(=O)Nc3nc(-c4ccc(F)c5ccccc45)cs3)C(c3ccccc31)n1ccnc12. The number of imidazole rings is 1. The fourth-order valence-electron chi connectivity index (χ4n) is 6.45. The first-order valence-corrected chi connectivity index (χ1v) is 13.2. The molecule has 5 aromatic rings. The van der Waals surface area contributed by atoms with E-state index in [1.54, 1.807) is 24.4 Å². The minimum Gasteiger partial charge on any atom is -0.325 e. The zero-order chi connectivity index (χ0) is 26.1. The van der Waals surface area contributed by atoms with Crippen molar-refractivity contribution in [2.45, 2.75) is 17.9 Å². The Hall–Kier alpha value is -4.36. The summed E-state index contributed by atoms with van der Waals surface area (Å²) in [6.07, 6.45) is 7.86. The lowest BCUT2D eigenvalue weighted by Gasteiger charge is -2.55. The van der Waals surface area contributed by atoms with Gasteiger partial charge in [0.15, 0.2) is 5.13 Å². The molecule has 2 aliphatic heterocycles. The highest BCUT2D eigenvalue weighted by molar-refractivity contribution is 7.14. The molecule has 3 aliphatic rings. The Balaban J connectivity index is 1.29. The molecule has 0 radical (unpaired) electrons. The number of benzene rings is 3. The largest absolute Gasteiger partial charge is 0.325 e. The molecular weight excluding hydrogens is 495 g/mol. The molecule has 7 heteroatoms. The van der Waals surface area contributed by atoms with E-state index in [9.17, 15) is 9.18 Å². The maximum atomic E-state index is 14.4. The lowest BCUT2D eigenvalue weighted by Crippen LogP contribution is -2.56. The first-order valence-electron chi connectivity index (χ1n) is 12.4. The molecule has 186 valence electrons. The Kier molecular flexibility index (Phi) is 4.84. The van der Waals surface area contributed by atoms with Crippen LogP contribution in [0.5, 0.6) is 0 Å². The Labute approximate surface area is 223 Å². The molecule has 38 heavy (non-hydrogen) atoms. The van der Waals surface area contributed by atoms with Gasteiger partial charge in [0, 0.05) is 28.7 Å². The summed E-state index contributed by atoms with van der Waals surface area (Å²) in [7, 11) is 0. The molecular formula is C31H23FN4OS. The second-order valence-electron chi connectivity index (χ2n) is 9.88. The highest BCUT2D eigenvalue weighted by atomic mass is 32.1. The molecule has 4 heterocycles. The molecule has 3 atom stereocenters. The van der Waals surface area contributed by atoms with E-state index in [0.717, 1.165) is 27.9 Å². The number of anilines is 1. The van der Waals surface area contributed by atoms with Crippen LogP contribution in [0.1, 0.15) is 29.4 Å². The number of thiazole rings is 1. The molecule has 0 saturated carbocycles. The fraction of sp³-hybridized carbons (Fsp3) is 0.129. The van der Waals surface area contributed by atoms with Gasteiger partial charge in [0.05, 0.1) is 22.6 Å². The van der Waals surface area contributed by atoms with Crippen LogP contribution in [-0.2, 0) is 10.2 Å². The average Bonchev–Trinajstić information content (AvgIpc) is 3.64. The molecule has 2 aromatic heterocycles. The van der Waals surface area contributed by atoms with Gasteiger partial charge >= 0.3 is 0 Å². The summed E-state index contributed by atoms with van der Waals surface area (Å²) in [6.45, 7) is 8.33. The minimum atomic E-state index is -0.954. The van der Waals surface area contributed by atoms with Crippen LogP contribution < -0.4 is 5.32 Å². The first-order chi connectivity index (χ1) is 18.5. The van der Waals surface area contributed by atoms with Gasteiger partial charge in [-0.15, -0.1) is 24.5 Å². The van der Waals surface area contributed by atoms with Gasteiger partial charge in [-0.25, -0.2) is 14.4 Å². The third-order valence-corrected chi connectivity index (χ3v) is 8.91. The molecule has 0 spiro atoms. The maximum Gasteiger partial charge on any atom is 0.238 e. The number of halogens is 1. The maximum absolute atomic E-state index is 14.4. The van der Waals surface area contributed by atoms with E-state index in [1.807, 2.05) is 48.0 Å². The number of allylic oxidation sites excluding steroid dienone is 1.